The van der Waals surface area contributed by atoms with E-state index in [2.05, 4.69) is 11.9 Å². The van der Waals surface area contributed by atoms with Gasteiger partial charge in [-0.25, -0.2) is 0 Å². The molecule has 0 aliphatic rings. The zero-order valence-electron chi connectivity index (χ0n) is 14.4. The smallest absolute Gasteiger partial charge is 0.246 e. The fourth-order valence-electron chi connectivity index (χ4n) is 0.673. The van der Waals surface area contributed by atoms with E-state index in [-0.39, 0.29) is 5.91 Å². The summed E-state index contributed by atoms with van der Waals surface area (Å²) >= 11 is 0. The van der Waals surface area contributed by atoms with Crippen molar-refractivity contribution in [1.82, 2.24) is 10.4 Å². The van der Waals surface area contributed by atoms with Gasteiger partial charge in [0.15, 0.2) is 0 Å². The summed E-state index contributed by atoms with van der Waals surface area (Å²) in [5, 5.41) is 28.5. The molecule has 1 amide bonds. The van der Waals surface area contributed by atoms with Gasteiger partial charge >= 0.3 is 0 Å². The summed E-state index contributed by atoms with van der Waals surface area (Å²) in [5.41, 5.74) is -1.23. The van der Waals surface area contributed by atoms with E-state index in [1.807, 2.05) is 27.9 Å². The van der Waals surface area contributed by atoms with Crippen molar-refractivity contribution < 1.29 is 14.7 Å². The molecule has 22 heavy (non-hydrogen) atoms. The molecule has 0 rings (SSSR count). The van der Waals surface area contributed by atoms with Gasteiger partial charge in [-0.05, 0) is 27.2 Å². The minimum atomic E-state index is -1.81. The van der Waals surface area contributed by atoms with Gasteiger partial charge in [-0.15, -0.1) is 0 Å². The second-order valence-corrected chi connectivity index (χ2v) is 4.56. The first-order valence-electron chi connectivity index (χ1n) is 6.86. The summed E-state index contributed by atoms with van der Waals surface area (Å²) < 4.78 is 0. The van der Waals surface area contributed by atoms with Crippen LogP contribution in [0.3, 0.4) is 0 Å². The van der Waals surface area contributed by atoms with Gasteiger partial charge in [0.05, 0.1) is 6.61 Å². The summed E-state index contributed by atoms with van der Waals surface area (Å²) in [6.07, 6.45) is 0.971. The van der Waals surface area contributed by atoms with Crippen molar-refractivity contribution in [2.75, 3.05) is 27.2 Å². The number of carbonyl (C=O) groups is 1. The molecule has 0 saturated carbocycles. The highest BCUT2D eigenvalue weighted by atomic mass is 16.7. The van der Waals surface area contributed by atoms with Crippen molar-refractivity contribution in [3.63, 3.8) is 0 Å². The van der Waals surface area contributed by atoms with Crippen molar-refractivity contribution in [1.29, 1.82) is 10.5 Å². The Morgan fingerprint density at radius 2 is 1.82 bits per heavy atom. The summed E-state index contributed by atoms with van der Waals surface area (Å²) in [4.78, 5) is 15.6. The van der Waals surface area contributed by atoms with Gasteiger partial charge in [-0.3, -0.25) is 9.63 Å². The van der Waals surface area contributed by atoms with E-state index >= 15 is 0 Å². The van der Waals surface area contributed by atoms with Crippen LogP contribution in [0.5, 0.6) is 0 Å². The number of rotatable bonds is 5. The van der Waals surface area contributed by atoms with Crippen LogP contribution in [-0.2, 0) is 9.63 Å². The normalized spacial score (nSPS) is 9.18. The van der Waals surface area contributed by atoms with Crippen LogP contribution < -0.4 is 5.32 Å². The molecule has 0 aliphatic heterocycles. The molecule has 0 heterocycles. The van der Waals surface area contributed by atoms with E-state index in [9.17, 15) is 4.79 Å². The monoisotopic (exact) mass is 312 g/mol. The molecule has 0 aromatic carbocycles. The van der Waals surface area contributed by atoms with E-state index in [1.165, 1.54) is 12.1 Å². The molecule has 0 bridgehead atoms. The standard InChI is InChI=1S/C7H13NO.C4H4N2O.C4H11NO/c1-4-5-8-7(9)6(2)3;1-4(7,2-5)3-6;1-4-6-5(2)3/h2,4-5H2,1,3H3,(H,8,9);7H,1H3;4H2,1-3H3. The Hall–Kier alpha value is -1.93. The number of nitriles is 2. The van der Waals surface area contributed by atoms with Crippen LogP contribution in [0, 0.1) is 22.7 Å². The highest BCUT2D eigenvalue weighted by molar-refractivity contribution is 5.91. The molecule has 0 radical (unpaired) electrons. The van der Waals surface area contributed by atoms with Crippen molar-refractivity contribution in [2.45, 2.75) is 39.7 Å². The number of amides is 1. The molecule has 0 atom stereocenters. The predicted octanol–water partition coefficient (Wildman–Crippen LogP) is 1.37. The maximum absolute atomic E-state index is 10.7. The molecule has 0 saturated heterocycles. The summed E-state index contributed by atoms with van der Waals surface area (Å²) in [6, 6.07) is 2.77. The number of carbonyl (C=O) groups excluding carboxylic acids is 1. The Morgan fingerprint density at radius 3 is 1.95 bits per heavy atom. The molecule has 0 unspecified atom stereocenters. The minimum Gasteiger partial charge on any atom is -0.364 e. The lowest BCUT2D eigenvalue weighted by molar-refractivity contribution is -0.117. The lowest BCUT2D eigenvalue weighted by Gasteiger charge is -2.05. The van der Waals surface area contributed by atoms with E-state index in [1.54, 1.807) is 12.0 Å². The Kier molecular flexibility index (Phi) is 17.6. The molecule has 0 aromatic heterocycles. The second-order valence-electron chi connectivity index (χ2n) is 4.56. The SMILES string of the molecule is C=C(C)C(=O)NCCC.CC(O)(C#N)C#N.CCON(C)C. The van der Waals surface area contributed by atoms with Gasteiger partial charge in [0, 0.05) is 26.2 Å². The first-order chi connectivity index (χ1) is 10.1. The maximum atomic E-state index is 10.7. The quantitative estimate of drug-likeness (QED) is 0.451. The number of hydrogen-bond donors (Lipinski definition) is 2. The summed E-state index contributed by atoms with van der Waals surface area (Å²) in [7, 11) is 3.73. The average molecular weight is 312 g/mol. The average Bonchev–Trinajstić information content (AvgIpc) is 2.45. The Balaban J connectivity index is -0.000000252. The van der Waals surface area contributed by atoms with Crippen molar-refractivity contribution >= 4 is 5.91 Å². The molecule has 126 valence electrons. The van der Waals surface area contributed by atoms with Crippen LogP contribution >= 0.6 is 0 Å². The lowest BCUT2D eigenvalue weighted by Crippen LogP contribution is -2.24. The third kappa shape index (κ3) is 23.2. The number of hydroxylamine groups is 2. The topological polar surface area (TPSA) is 109 Å². The van der Waals surface area contributed by atoms with Crippen LogP contribution in [0.25, 0.3) is 0 Å². The molecule has 7 nitrogen and oxygen atoms in total. The number of aliphatic hydroxyl groups is 1. The van der Waals surface area contributed by atoms with Crippen LogP contribution in [0.15, 0.2) is 12.2 Å². The van der Waals surface area contributed by atoms with Gasteiger partial charge in [0.1, 0.15) is 12.1 Å². The van der Waals surface area contributed by atoms with Gasteiger partial charge in [-0.1, -0.05) is 13.5 Å². The number of hydrogen-bond acceptors (Lipinski definition) is 6. The van der Waals surface area contributed by atoms with Crippen LogP contribution in [0.2, 0.25) is 0 Å². The third-order valence-electron chi connectivity index (χ3n) is 1.75. The van der Waals surface area contributed by atoms with Crippen LogP contribution in [0.4, 0.5) is 0 Å². The van der Waals surface area contributed by atoms with Gasteiger partial charge in [0.2, 0.25) is 11.5 Å². The molecule has 0 aliphatic carbocycles. The van der Waals surface area contributed by atoms with Gasteiger partial charge in [-0.2, -0.15) is 15.6 Å². The zero-order valence-corrected chi connectivity index (χ0v) is 14.4. The molecule has 7 heteroatoms. The van der Waals surface area contributed by atoms with Gasteiger partial charge in [0.25, 0.3) is 0 Å². The Bertz CT molecular complexity index is 377. The molecular weight excluding hydrogens is 284 g/mol. The predicted molar refractivity (Wildman–Crippen MR) is 85.3 cm³/mol. The van der Waals surface area contributed by atoms with E-state index in [0.29, 0.717) is 5.57 Å². The van der Waals surface area contributed by atoms with E-state index in [0.717, 1.165) is 26.5 Å². The second kappa shape index (κ2) is 15.5. The highest BCUT2D eigenvalue weighted by Gasteiger charge is 2.15. The first kappa shape index (κ1) is 25.0. The largest absolute Gasteiger partial charge is 0.364 e. The van der Waals surface area contributed by atoms with Crippen LogP contribution in [0.1, 0.15) is 34.1 Å². The number of nitrogens with zero attached hydrogens (tertiary/aromatic N) is 3. The number of nitrogens with one attached hydrogen (secondary N) is 1. The van der Waals surface area contributed by atoms with E-state index in [4.69, 9.17) is 20.5 Å². The first-order valence-corrected chi connectivity index (χ1v) is 6.86. The molecule has 0 fully saturated rings. The maximum Gasteiger partial charge on any atom is 0.246 e. The summed E-state index contributed by atoms with van der Waals surface area (Å²) in [5.74, 6) is -0.0446. The Morgan fingerprint density at radius 1 is 1.36 bits per heavy atom. The highest BCUT2D eigenvalue weighted by Crippen LogP contribution is 1.94. The van der Waals surface area contributed by atoms with Crippen molar-refractivity contribution in [3.8, 4) is 12.1 Å². The molecule has 0 aromatic rings. The minimum absolute atomic E-state index is 0.0446. The van der Waals surface area contributed by atoms with Crippen LogP contribution in [-0.4, -0.2) is 48.9 Å². The zero-order chi connectivity index (χ0) is 18.2. The Labute approximate surface area is 133 Å². The van der Waals surface area contributed by atoms with Crippen molar-refractivity contribution in [3.05, 3.63) is 12.2 Å². The summed E-state index contributed by atoms with van der Waals surface area (Å²) in [6.45, 7) is 11.8. The fraction of sp³-hybridized carbons (Fsp3) is 0.667. The fourth-order valence-corrected chi connectivity index (χ4v) is 0.673. The molecule has 0 spiro atoms. The third-order valence-corrected chi connectivity index (χ3v) is 1.75. The van der Waals surface area contributed by atoms with E-state index < -0.39 is 5.60 Å². The van der Waals surface area contributed by atoms with Gasteiger partial charge < -0.3 is 10.4 Å². The molecular formula is C15H28N4O3. The van der Waals surface area contributed by atoms with Crippen molar-refractivity contribution in [2.24, 2.45) is 0 Å². The lowest BCUT2D eigenvalue weighted by atomic mass is 10.2. The molecule has 2 N–H and O–H groups in total.